The highest BCUT2D eigenvalue weighted by molar-refractivity contribution is 7.13. The topological polar surface area (TPSA) is 51.2 Å². The first-order valence-corrected chi connectivity index (χ1v) is 11.7. The van der Waals surface area contributed by atoms with Crippen LogP contribution < -0.4 is 10.1 Å². The van der Waals surface area contributed by atoms with Crippen LogP contribution in [-0.4, -0.2) is 17.5 Å². The van der Waals surface area contributed by atoms with Crippen molar-refractivity contribution in [3.8, 4) is 27.6 Å². The number of benzene rings is 3. The summed E-state index contributed by atoms with van der Waals surface area (Å²) in [6.45, 7) is 2.44. The number of carbonyl (C=O) groups excluding carboxylic acids is 1. The van der Waals surface area contributed by atoms with Crippen molar-refractivity contribution in [3.05, 3.63) is 88.8 Å². The Hall–Kier alpha value is -3.15. The molecule has 4 nitrogen and oxygen atoms in total. The maximum atomic E-state index is 12.4. The zero-order valence-electron chi connectivity index (χ0n) is 17.7. The van der Waals surface area contributed by atoms with Crippen LogP contribution in [0.2, 0.25) is 5.02 Å². The molecule has 162 valence electrons. The molecule has 3 aromatic carbocycles. The Balaban J connectivity index is 1.35. The average Bonchev–Trinajstić information content (AvgIpc) is 3.30. The fourth-order valence-electron chi connectivity index (χ4n) is 3.23. The van der Waals surface area contributed by atoms with Crippen molar-refractivity contribution in [2.45, 2.75) is 19.8 Å². The molecule has 0 unspecified atom stereocenters. The quantitative estimate of drug-likeness (QED) is 0.304. The maximum Gasteiger partial charge on any atom is 0.227 e. The number of aromatic nitrogens is 1. The van der Waals surface area contributed by atoms with Gasteiger partial charge in [0.15, 0.2) is 0 Å². The number of halogens is 1. The van der Waals surface area contributed by atoms with Crippen LogP contribution in [0.5, 0.6) is 5.75 Å². The molecular weight excluding hydrogens is 440 g/mol. The lowest BCUT2D eigenvalue weighted by Crippen LogP contribution is -2.15. The molecule has 0 radical (unpaired) electrons. The van der Waals surface area contributed by atoms with Crippen molar-refractivity contribution in [2.24, 2.45) is 0 Å². The van der Waals surface area contributed by atoms with Gasteiger partial charge in [0.2, 0.25) is 5.91 Å². The van der Waals surface area contributed by atoms with Crippen LogP contribution in [0.4, 0.5) is 5.69 Å². The number of hydrogen-bond acceptors (Lipinski definition) is 4. The van der Waals surface area contributed by atoms with Gasteiger partial charge in [0, 0.05) is 22.2 Å². The number of nitrogens with zero attached hydrogens (tertiary/aromatic N) is 1. The third kappa shape index (κ3) is 5.55. The highest BCUT2D eigenvalue weighted by Gasteiger charge is 2.10. The van der Waals surface area contributed by atoms with Gasteiger partial charge in [-0.15, -0.1) is 11.3 Å². The molecular formula is C26H23ClN2O2S. The van der Waals surface area contributed by atoms with Crippen LogP contribution in [-0.2, 0) is 11.2 Å². The lowest BCUT2D eigenvalue weighted by atomic mass is 10.1. The van der Waals surface area contributed by atoms with E-state index in [4.69, 9.17) is 21.3 Å². The molecule has 0 atom stereocenters. The first-order chi connectivity index (χ1) is 15.6. The summed E-state index contributed by atoms with van der Waals surface area (Å²) in [4.78, 5) is 17.1. The summed E-state index contributed by atoms with van der Waals surface area (Å²) >= 11 is 7.84. The molecule has 1 aromatic heterocycles. The van der Waals surface area contributed by atoms with Crippen molar-refractivity contribution < 1.29 is 9.53 Å². The number of anilines is 1. The van der Waals surface area contributed by atoms with E-state index in [2.05, 4.69) is 12.2 Å². The Morgan fingerprint density at radius 2 is 1.88 bits per heavy atom. The number of rotatable bonds is 8. The van der Waals surface area contributed by atoms with E-state index >= 15 is 0 Å². The van der Waals surface area contributed by atoms with Crippen molar-refractivity contribution in [1.82, 2.24) is 4.98 Å². The standard InChI is InChI=1S/C26H23ClN2O2S/c1-2-18-10-12-21(13-11-18)31-15-14-25(30)28-20-7-5-6-19(16-20)24-17-32-26(29-24)22-8-3-4-9-23(22)27/h3-13,16-17H,2,14-15H2,1H3,(H,28,30). The Bertz CT molecular complexity index is 1200. The zero-order chi connectivity index (χ0) is 22.3. The molecule has 0 aliphatic heterocycles. The summed E-state index contributed by atoms with van der Waals surface area (Å²) in [5.41, 5.74) is 4.69. The number of thiazole rings is 1. The van der Waals surface area contributed by atoms with E-state index in [1.165, 1.54) is 5.56 Å². The van der Waals surface area contributed by atoms with E-state index in [1.807, 2.05) is 78.2 Å². The van der Waals surface area contributed by atoms with Gasteiger partial charge in [-0.3, -0.25) is 4.79 Å². The van der Waals surface area contributed by atoms with Crippen LogP contribution in [0.1, 0.15) is 18.9 Å². The lowest BCUT2D eigenvalue weighted by Gasteiger charge is -2.09. The lowest BCUT2D eigenvalue weighted by molar-refractivity contribution is -0.116. The molecule has 0 bridgehead atoms. The largest absolute Gasteiger partial charge is 0.493 e. The number of ether oxygens (including phenoxy) is 1. The van der Waals surface area contributed by atoms with Gasteiger partial charge in [0.05, 0.1) is 23.7 Å². The number of aryl methyl sites for hydroxylation is 1. The molecule has 1 amide bonds. The average molecular weight is 463 g/mol. The minimum Gasteiger partial charge on any atom is -0.493 e. The van der Waals surface area contributed by atoms with E-state index in [-0.39, 0.29) is 12.3 Å². The van der Waals surface area contributed by atoms with Gasteiger partial charge in [0.1, 0.15) is 10.8 Å². The van der Waals surface area contributed by atoms with Crippen LogP contribution in [0.15, 0.2) is 78.2 Å². The molecule has 4 rings (SSSR count). The van der Waals surface area contributed by atoms with Gasteiger partial charge in [0.25, 0.3) is 0 Å². The maximum absolute atomic E-state index is 12.4. The van der Waals surface area contributed by atoms with Crippen LogP contribution >= 0.6 is 22.9 Å². The molecule has 32 heavy (non-hydrogen) atoms. The second kappa shape index (κ2) is 10.4. The summed E-state index contributed by atoms with van der Waals surface area (Å²) in [7, 11) is 0. The molecule has 0 spiro atoms. The normalized spacial score (nSPS) is 10.7. The SMILES string of the molecule is CCc1ccc(OCCC(=O)Nc2cccc(-c3csc(-c4ccccc4Cl)n3)c2)cc1. The molecule has 4 aromatic rings. The molecule has 0 fully saturated rings. The second-order valence-corrected chi connectivity index (χ2v) is 8.51. The van der Waals surface area contributed by atoms with Crippen molar-refractivity contribution in [3.63, 3.8) is 0 Å². The Morgan fingerprint density at radius 3 is 2.66 bits per heavy atom. The van der Waals surface area contributed by atoms with E-state index in [0.717, 1.165) is 39.7 Å². The molecule has 1 N–H and O–H groups in total. The fourth-order valence-corrected chi connectivity index (χ4v) is 4.38. The summed E-state index contributed by atoms with van der Waals surface area (Å²) in [6.07, 6.45) is 1.26. The van der Waals surface area contributed by atoms with Gasteiger partial charge in [-0.05, 0) is 42.3 Å². The highest BCUT2D eigenvalue weighted by atomic mass is 35.5. The first kappa shape index (κ1) is 22.1. The monoisotopic (exact) mass is 462 g/mol. The summed E-state index contributed by atoms with van der Waals surface area (Å²) < 4.78 is 5.68. The van der Waals surface area contributed by atoms with Gasteiger partial charge in [-0.2, -0.15) is 0 Å². The van der Waals surface area contributed by atoms with Crippen molar-refractivity contribution in [2.75, 3.05) is 11.9 Å². The van der Waals surface area contributed by atoms with E-state index in [0.29, 0.717) is 11.6 Å². The summed E-state index contributed by atoms with van der Waals surface area (Å²) in [5.74, 6) is 0.678. The summed E-state index contributed by atoms with van der Waals surface area (Å²) in [5, 5.41) is 6.48. The van der Waals surface area contributed by atoms with E-state index in [9.17, 15) is 4.79 Å². The van der Waals surface area contributed by atoms with Crippen LogP contribution in [0, 0.1) is 0 Å². The van der Waals surface area contributed by atoms with Crippen LogP contribution in [0.25, 0.3) is 21.8 Å². The molecule has 6 heteroatoms. The predicted molar refractivity (Wildman–Crippen MR) is 133 cm³/mol. The molecule has 0 aliphatic carbocycles. The minimum atomic E-state index is -0.0950. The summed E-state index contributed by atoms with van der Waals surface area (Å²) in [6, 6.07) is 23.3. The number of carbonyl (C=O) groups is 1. The van der Waals surface area contributed by atoms with E-state index < -0.39 is 0 Å². The number of amides is 1. The van der Waals surface area contributed by atoms with E-state index in [1.54, 1.807) is 11.3 Å². The van der Waals surface area contributed by atoms with Gasteiger partial charge in [-0.1, -0.05) is 61.0 Å². The second-order valence-electron chi connectivity index (χ2n) is 7.24. The first-order valence-electron chi connectivity index (χ1n) is 10.4. The zero-order valence-corrected chi connectivity index (χ0v) is 19.2. The van der Waals surface area contributed by atoms with Gasteiger partial charge in [-0.25, -0.2) is 4.98 Å². The predicted octanol–water partition coefficient (Wildman–Crippen LogP) is 7.10. The molecule has 0 saturated heterocycles. The smallest absolute Gasteiger partial charge is 0.227 e. The Kier molecular flexibility index (Phi) is 7.20. The fraction of sp³-hybridized carbons (Fsp3) is 0.154. The minimum absolute atomic E-state index is 0.0950. The van der Waals surface area contributed by atoms with Crippen molar-refractivity contribution in [1.29, 1.82) is 0 Å². The third-order valence-corrected chi connectivity index (χ3v) is 6.19. The third-order valence-electron chi connectivity index (χ3n) is 4.98. The van der Waals surface area contributed by atoms with Crippen LogP contribution in [0.3, 0.4) is 0 Å². The highest BCUT2D eigenvalue weighted by Crippen LogP contribution is 2.33. The molecule has 0 saturated carbocycles. The van der Waals surface area contributed by atoms with Gasteiger partial charge < -0.3 is 10.1 Å². The molecule has 1 heterocycles. The van der Waals surface area contributed by atoms with Crippen molar-refractivity contribution >= 4 is 34.5 Å². The number of hydrogen-bond donors (Lipinski definition) is 1. The van der Waals surface area contributed by atoms with Gasteiger partial charge >= 0.3 is 0 Å². The Morgan fingerprint density at radius 1 is 1.06 bits per heavy atom. The number of nitrogens with one attached hydrogen (secondary N) is 1. The molecule has 0 aliphatic rings. The Labute approximate surface area is 196 Å².